The average Bonchev–Trinajstić information content (AvgIpc) is 2.64. The standard InChI is InChI=1S/C20H34N4O/c1-5-24-12-6-7-17(15-24)14-23-20(21-3)22-11-10-18-13-16(2)8-9-19(18)25-4/h8-9,13,17H,5-7,10-12,14-15H2,1-4H3,(H2,21,22,23). The Morgan fingerprint density at radius 3 is 2.92 bits per heavy atom. The summed E-state index contributed by atoms with van der Waals surface area (Å²) in [6.07, 6.45) is 3.53. The van der Waals surface area contributed by atoms with Gasteiger partial charge in [0.25, 0.3) is 0 Å². The van der Waals surface area contributed by atoms with Crippen LogP contribution in [0.25, 0.3) is 0 Å². The number of nitrogens with zero attached hydrogens (tertiary/aromatic N) is 2. The first-order valence-electron chi connectivity index (χ1n) is 9.46. The molecule has 1 saturated heterocycles. The van der Waals surface area contributed by atoms with E-state index in [9.17, 15) is 0 Å². The summed E-state index contributed by atoms with van der Waals surface area (Å²) in [6.45, 7) is 9.78. The van der Waals surface area contributed by atoms with Crippen molar-refractivity contribution in [2.45, 2.75) is 33.1 Å². The van der Waals surface area contributed by atoms with Gasteiger partial charge < -0.3 is 20.3 Å². The van der Waals surface area contributed by atoms with Gasteiger partial charge in [-0.15, -0.1) is 0 Å². The first-order chi connectivity index (χ1) is 12.2. The number of nitrogens with one attached hydrogen (secondary N) is 2. The maximum Gasteiger partial charge on any atom is 0.190 e. The molecule has 2 N–H and O–H groups in total. The van der Waals surface area contributed by atoms with Crippen molar-refractivity contribution in [1.29, 1.82) is 0 Å². The van der Waals surface area contributed by atoms with Gasteiger partial charge in [0.1, 0.15) is 5.75 Å². The molecule has 5 heteroatoms. The van der Waals surface area contributed by atoms with Gasteiger partial charge in [-0.05, 0) is 56.8 Å². The van der Waals surface area contributed by atoms with Crippen molar-refractivity contribution in [2.24, 2.45) is 10.9 Å². The summed E-state index contributed by atoms with van der Waals surface area (Å²) in [5, 5.41) is 6.91. The zero-order chi connectivity index (χ0) is 18.1. The maximum atomic E-state index is 5.45. The molecule has 0 amide bonds. The Hall–Kier alpha value is -1.75. The first kappa shape index (κ1) is 19.6. The van der Waals surface area contributed by atoms with Crippen molar-refractivity contribution in [3.8, 4) is 5.75 Å². The molecule has 1 heterocycles. The number of hydrogen-bond donors (Lipinski definition) is 2. The number of aliphatic imine (C=N–C) groups is 1. The lowest BCUT2D eigenvalue weighted by atomic mass is 9.98. The highest BCUT2D eigenvalue weighted by atomic mass is 16.5. The molecule has 0 saturated carbocycles. The first-order valence-corrected chi connectivity index (χ1v) is 9.46. The van der Waals surface area contributed by atoms with Gasteiger partial charge in [-0.2, -0.15) is 0 Å². The molecule has 1 aromatic rings. The largest absolute Gasteiger partial charge is 0.496 e. The van der Waals surface area contributed by atoms with E-state index in [1.165, 1.54) is 37.1 Å². The average molecular weight is 347 g/mol. The van der Waals surface area contributed by atoms with E-state index in [1.54, 1.807) is 7.11 Å². The summed E-state index contributed by atoms with van der Waals surface area (Å²) in [4.78, 5) is 6.89. The van der Waals surface area contributed by atoms with Crippen molar-refractivity contribution >= 4 is 5.96 Å². The summed E-state index contributed by atoms with van der Waals surface area (Å²) in [5.41, 5.74) is 2.49. The highest BCUT2D eigenvalue weighted by Crippen LogP contribution is 2.19. The van der Waals surface area contributed by atoms with Crippen LogP contribution in [0.3, 0.4) is 0 Å². The van der Waals surface area contributed by atoms with E-state index in [0.717, 1.165) is 37.8 Å². The Labute approximate surface area is 152 Å². The van der Waals surface area contributed by atoms with Gasteiger partial charge in [-0.25, -0.2) is 0 Å². The molecule has 2 rings (SSSR count). The van der Waals surface area contributed by atoms with Crippen LogP contribution in [-0.2, 0) is 6.42 Å². The molecule has 1 aromatic carbocycles. The molecule has 140 valence electrons. The lowest BCUT2D eigenvalue weighted by Gasteiger charge is -2.32. The molecule has 1 atom stereocenters. The van der Waals surface area contributed by atoms with E-state index >= 15 is 0 Å². The second-order valence-corrected chi connectivity index (χ2v) is 6.85. The summed E-state index contributed by atoms with van der Waals surface area (Å²) < 4.78 is 5.45. The Balaban J connectivity index is 1.76. The smallest absolute Gasteiger partial charge is 0.190 e. The predicted molar refractivity (Wildman–Crippen MR) is 106 cm³/mol. The van der Waals surface area contributed by atoms with Crippen molar-refractivity contribution in [2.75, 3.05) is 46.9 Å². The van der Waals surface area contributed by atoms with Crippen molar-refractivity contribution < 1.29 is 4.74 Å². The fourth-order valence-corrected chi connectivity index (χ4v) is 3.49. The molecule has 1 unspecified atom stereocenters. The van der Waals surface area contributed by atoms with Gasteiger partial charge in [0.15, 0.2) is 5.96 Å². The molecule has 1 aliphatic rings. The van der Waals surface area contributed by atoms with E-state index in [4.69, 9.17) is 4.74 Å². The number of benzene rings is 1. The third kappa shape index (κ3) is 6.24. The molecular weight excluding hydrogens is 312 g/mol. The number of rotatable bonds is 7. The van der Waals surface area contributed by atoms with Crippen LogP contribution in [0.4, 0.5) is 0 Å². The van der Waals surface area contributed by atoms with Gasteiger partial charge in [-0.1, -0.05) is 24.6 Å². The summed E-state index contributed by atoms with van der Waals surface area (Å²) in [7, 11) is 3.56. The minimum absolute atomic E-state index is 0.712. The van der Waals surface area contributed by atoms with Crippen LogP contribution in [0.15, 0.2) is 23.2 Å². The number of hydrogen-bond acceptors (Lipinski definition) is 3. The van der Waals surface area contributed by atoms with Gasteiger partial charge in [0.2, 0.25) is 0 Å². The molecule has 25 heavy (non-hydrogen) atoms. The summed E-state index contributed by atoms with van der Waals surface area (Å²) >= 11 is 0. The number of methoxy groups -OCH3 is 1. The fraction of sp³-hybridized carbons (Fsp3) is 0.650. The Morgan fingerprint density at radius 2 is 2.20 bits per heavy atom. The van der Waals surface area contributed by atoms with Crippen LogP contribution >= 0.6 is 0 Å². The van der Waals surface area contributed by atoms with Crippen molar-refractivity contribution in [3.63, 3.8) is 0 Å². The summed E-state index contributed by atoms with van der Waals surface area (Å²) in [6, 6.07) is 6.32. The zero-order valence-corrected chi connectivity index (χ0v) is 16.3. The molecular formula is C20H34N4O. The van der Waals surface area contributed by atoms with Gasteiger partial charge in [-0.3, -0.25) is 4.99 Å². The van der Waals surface area contributed by atoms with E-state index in [2.05, 4.69) is 46.5 Å². The third-order valence-electron chi connectivity index (χ3n) is 4.95. The fourth-order valence-electron chi connectivity index (χ4n) is 3.49. The van der Waals surface area contributed by atoms with Gasteiger partial charge >= 0.3 is 0 Å². The second-order valence-electron chi connectivity index (χ2n) is 6.85. The number of likely N-dealkylation sites (tertiary alicyclic amines) is 1. The molecule has 1 fully saturated rings. The molecule has 0 bridgehead atoms. The minimum Gasteiger partial charge on any atom is -0.496 e. The van der Waals surface area contributed by atoms with Crippen molar-refractivity contribution in [1.82, 2.24) is 15.5 Å². The zero-order valence-electron chi connectivity index (χ0n) is 16.3. The topological polar surface area (TPSA) is 48.9 Å². The monoisotopic (exact) mass is 346 g/mol. The van der Waals surface area contributed by atoms with Crippen molar-refractivity contribution in [3.05, 3.63) is 29.3 Å². The van der Waals surface area contributed by atoms with E-state index in [1.807, 2.05) is 13.1 Å². The van der Waals surface area contributed by atoms with Crippen LogP contribution in [0.5, 0.6) is 5.75 Å². The molecule has 0 radical (unpaired) electrons. The molecule has 0 aliphatic carbocycles. The summed E-state index contributed by atoms with van der Waals surface area (Å²) in [5.74, 6) is 2.56. The number of ether oxygens (including phenoxy) is 1. The molecule has 1 aliphatic heterocycles. The highest BCUT2D eigenvalue weighted by molar-refractivity contribution is 5.79. The number of aryl methyl sites for hydroxylation is 1. The molecule has 0 spiro atoms. The Kier molecular flexibility index (Phi) is 8.06. The lowest BCUT2D eigenvalue weighted by Crippen LogP contribution is -2.44. The van der Waals surface area contributed by atoms with Crippen LogP contribution in [-0.4, -0.2) is 57.7 Å². The SMILES string of the molecule is CCN1CCCC(CNC(=NC)NCCc2cc(C)ccc2OC)C1. The van der Waals surface area contributed by atoms with Crippen LogP contribution in [0, 0.1) is 12.8 Å². The van der Waals surface area contributed by atoms with Crippen LogP contribution in [0.1, 0.15) is 30.9 Å². The predicted octanol–water partition coefficient (Wildman–Crippen LogP) is 2.44. The van der Waals surface area contributed by atoms with Crippen LogP contribution in [0.2, 0.25) is 0 Å². The van der Waals surface area contributed by atoms with Crippen LogP contribution < -0.4 is 15.4 Å². The van der Waals surface area contributed by atoms with E-state index in [-0.39, 0.29) is 0 Å². The number of guanidine groups is 1. The lowest BCUT2D eigenvalue weighted by molar-refractivity contribution is 0.183. The quantitative estimate of drug-likeness (QED) is 0.588. The second kappa shape index (κ2) is 10.3. The maximum absolute atomic E-state index is 5.45. The highest BCUT2D eigenvalue weighted by Gasteiger charge is 2.18. The van der Waals surface area contributed by atoms with E-state index < -0.39 is 0 Å². The third-order valence-corrected chi connectivity index (χ3v) is 4.95. The van der Waals surface area contributed by atoms with E-state index in [0.29, 0.717) is 5.92 Å². The Bertz CT molecular complexity index is 559. The number of piperidine rings is 1. The normalized spacial score (nSPS) is 18.9. The molecule has 0 aromatic heterocycles. The molecule has 5 nitrogen and oxygen atoms in total. The minimum atomic E-state index is 0.712. The Morgan fingerprint density at radius 1 is 1.36 bits per heavy atom. The van der Waals surface area contributed by atoms with Gasteiger partial charge in [0, 0.05) is 26.7 Å². The van der Waals surface area contributed by atoms with Gasteiger partial charge in [0.05, 0.1) is 7.11 Å².